The van der Waals surface area contributed by atoms with E-state index in [-0.39, 0.29) is 5.91 Å². The summed E-state index contributed by atoms with van der Waals surface area (Å²) < 4.78 is 6.91. The van der Waals surface area contributed by atoms with Crippen molar-refractivity contribution in [2.45, 2.75) is 13.8 Å². The van der Waals surface area contributed by atoms with E-state index < -0.39 is 0 Å². The van der Waals surface area contributed by atoms with Crippen LogP contribution in [0.15, 0.2) is 73.4 Å². The molecule has 2 aromatic carbocycles. The fourth-order valence-electron chi connectivity index (χ4n) is 2.80. The molecule has 0 saturated carbocycles. The maximum Gasteiger partial charge on any atom is 0.264 e. The molecule has 0 atom stereocenters. The number of halogens is 1. The average Bonchev–Trinajstić information content (AvgIpc) is 3.24. The van der Waals surface area contributed by atoms with Gasteiger partial charge in [0.05, 0.1) is 10.6 Å². The molecule has 3 aromatic rings. The van der Waals surface area contributed by atoms with Crippen molar-refractivity contribution in [2.75, 3.05) is 0 Å². The molecule has 6 heteroatoms. The van der Waals surface area contributed by atoms with Crippen LogP contribution in [0.4, 0.5) is 5.69 Å². The van der Waals surface area contributed by atoms with Crippen molar-refractivity contribution in [3.63, 3.8) is 0 Å². The van der Waals surface area contributed by atoms with Gasteiger partial charge >= 0.3 is 0 Å². The Bertz CT molecular complexity index is 1130. The smallest absolute Gasteiger partial charge is 0.264 e. The van der Waals surface area contributed by atoms with Gasteiger partial charge in [-0.1, -0.05) is 40.2 Å². The molecule has 1 saturated heterocycles. The molecule has 0 spiro atoms. The third kappa shape index (κ3) is 3.98. The molecule has 1 aliphatic rings. The molecular formula is C22H17BrN2O2S. The number of aliphatic imine (C=N–C) groups is 1. The summed E-state index contributed by atoms with van der Waals surface area (Å²) in [6, 6.07) is 17.7. The molecule has 140 valence electrons. The summed E-state index contributed by atoms with van der Waals surface area (Å²) in [7, 11) is 0. The number of amides is 1. The van der Waals surface area contributed by atoms with Crippen molar-refractivity contribution in [3.8, 4) is 11.3 Å². The second-order valence-electron chi connectivity index (χ2n) is 6.45. The Labute approximate surface area is 175 Å². The highest BCUT2D eigenvalue weighted by Gasteiger charge is 2.24. The van der Waals surface area contributed by atoms with E-state index in [1.54, 1.807) is 6.08 Å². The fraction of sp³-hybridized carbons (Fsp3) is 0.0909. The summed E-state index contributed by atoms with van der Waals surface area (Å²) in [5.41, 5.74) is 4.04. The summed E-state index contributed by atoms with van der Waals surface area (Å²) >= 11 is 4.89. The molecular weight excluding hydrogens is 436 g/mol. The summed E-state index contributed by atoms with van der Waals surface area (Å²) in [5, 5.41) is 3.38. The molecule has 0 radical (unpaired) electrons. The van der Waals surface area contributed by atoms with Crippen LogP contribution in [-0.2, 0) is 4.79 Å². The molecule has 0 unspecified atom stereocenters. The summed E-state index contributed by atoms with van der Waals surface area (Å²) in [5.74, 6) is 1.19. The van der Waals surface area contributed by atoms with E-state index in [0.29, 0.717) is 15.8 Å². The van der Waals surface area contributed by atoms with E-state index >= 15 is 0 Å². The van der Waals surface area contributed by atoms with Crippen molar-refractivity contribution in [1.82, 2.24) is 5.32 Å². The molecule has 28 heavy (non-hydrogen) atoms. The summed E-state index contributed by atoms with van der Waals surface area (Å²) in [4.78, 5) is 17.4. The first-order valence-electron chi connectivity index (χ1n) is 8.71. The largest absolute Gasteiger partial charge is 0.457 e. The highest BCUT2D eigenvalue weighted by Crippen LogP contribution is 2.33. The van der Waals surface area contributed by atoms with Crippen LogP contribution in [0.5, 0.6) is 0 Å². The van der Waals surface area contributed by atoms with Crippen molar-refractivity contribution >= 4 is 50.5 Å². The van der Waals surface area contributed by atoms with E-state index in [4.69, 9.17) is 4.42 Å². The minimum Gasteiger partial charge on any atom is -0.457 e. The van der Waals surface area contributed by atoms with Crippen LogP contribution in [0, 0.1) is 13.8 Å². The number of para-hydroxylation sites is 1. The van der Waals surface area contributed by atoms with Gasteiger partial charge in [-0.3, -0.25) is 4.79 Å². The lowest BCUT2D eigenvalue weighted by Gasteiger charge is -2.02. The summed E-state index contributed by atoms with van der Waals surface area (Å²) in [6.07, 6.45) is 1.74. The number of hydrogen-bond acceptors (Lipinski definition) is 4. The van der Waals surface area contributed by atoms with Gasteiger partial charge in [0.1, 0.15) is 11.5 Å². The van der Waals surface area contributed by atoms with E-state index in [2.05, 4.69) is 26.2 Å². The number of amidine groups is 1. The minimum absolute atomic E-state index is 0.174. The van der Waals surface area contributed by atoms with Crippen molar-refractivity contribution < 1.29 is 9.21 Å². The molecule has 4 nitrogen and oxygen atoms in total. The quantitative estimate of drug-likeness (QED) is 0.480. The highest BCUT2D eigenvalue weighted by atomic mass is 79.9. The van der Waals surface area contributed by atoms with Crippen LogP contribution in [0.2, 0.25) is 0 Å². The van der Waals surface area contributed by atoms with Gasteiger partial charge in [-0.05, 0) is 67.1 Å². The molecule has 0 bridgehead atoms. The molecule has 1 aliphatic heterocycles. The lowest BCUT2D eigenvalue weighted by molar-refractivity contribution is -0.115. The molecule has 1 N–H and O–H groups in total. The molecule has 1 aromatic heterocycles. The Morgan fingerprint density at radius 2 is 1.93 bits per heavy atom. The Morgan fingerprint density at radius 3 is 2.71 bits per heavy atom. The molecule has 2 heterocycles. The molecule has 1 fully saturated rings. The highest BCUT2D eigenvalue weighted by molar-refractivity contribution is 9.10. The normalized spacial score (nSPS) is 16.8. The first-order valence-corrected chi connectivity index (χ1v) is 10.3. The summed E-state index contributed by atoms with van der Waals surface area (Å²) in [6.45, 7) is 4.03. The van der Waals surface area contributed by atoms with E-state index in [1.807, 2.05) is 68.4 Å². The van der Waals surface area contributed by atoms with E-state index in [9.17, 15) is 4.79 Å². The van der Waals surface area contributed by atoms with Gasteiger partial charge in [0.2, 0.25) is 0 Å². The van der Waals surface area contributed by atoms with Crippen molar-refractivity contribution in [3.05, 3.63) is 80.9 Å². The van der Waals surface area contributed by atoms with Crippen LogP contribution in [0.1, 0.15) is 16.9 Å². The number of aryl methyl sites for hydroxylation is 2. The van der Waals surface area contributed by atoms with Crippen LogP contribution >= 0.6 is 27.7 Å². The number of rotatable bonds is 3. The van der Waals surface area contributed by atoms with Crippen LogP contribution in [0.25, 0.3) is 17.4 Å². The monoisotopic (exact) mass is 452 g/mol. The Kier molecular flexibility index (Phi) is 5.24. The van der Waals surface area contributed by atoms with Gasteiger partial charge in [-0.15, -0.1) is 0 Å². The van der Waals surface area contributed by atoms with Gasteiger partial charge in [0, 0.05) is 16.1 Å². The third-order valence-electron chi connectivity index (χ3n) is 4.28. The number of thioether (sulfide) groups is 1. The number of nitrogens with zero attached hydrogens (tertiary/aromatic N) is 1. The number of nitrogens with one attached hydrogen (secondary N) is 1. The zero-order valence-electron chi connectivity index (χ0n) is 15.3. The lowest BCUT2D eigenvalue weighted by atomic mass is 10.1. The SMILES string of the molecule is Cc1ccc(-c2ccc(/C=C3\SC(=Nc4ccccc4C)NC3=O)o2)c(Br)c1. The van der Waals surface area contributed by atoms with Gasteiger partial charge in [-0.2, -0.15) is 0 Å². The standard InChI is InChI=1S/C22H17BrN2O2S/c1-13-7-9-16(17(23)11-13)19-10-8-15(27-19)12-20-21(26)25-22(28-20)24-18-6-4-3-5-14(18)2/h3-12H,1-2H3,(H,24,25,26)/b20-12-. The fourth-order valence-corrected chi connectivity index (χ4v) is 4.31. The Balaban J connectivity index is 1.57. The third-order valence-corrected chi connectivity index (χ3v) is 5.84. The maximum atomic E-state index is 12.3. The van der Waals surface area contributed by atoms with Crippen LogP contribution < -0.4 is 5.32 Å². The second-order valence-corrected chi connectivity index (χ2v) is 8.34. The van der Waals surface area contributed by atoms with Crippen molar-refractivity contribution in [2.24, 2.45) is 4.99 Å². The van der Waals surface area contributed by atoms with Crippen LogP contribution in [-0.4, -0.2) is 11.1 Å². The maximum absolute atomic E-state index is 12.3. The lowest BCUT2D eigenvalue weighted by Crippen LogP contribution is -2.19. The number of hydrogen-bond donors (Lipinski definition) is 1. The predicted octanol–water partition coefficient (Wildman–Crippen LogP) is 6.22. The number of furan rings is 1. The van der Waals surface area contributed by atoms with E-state index in [1.165, 1.54) is 17.3 Å². The average molecular weight is 453 g/mol. The Morgan fingerprint density at radius 1 is 1.11 bits per heavy atom. The van der Waals surface area contributed by atoms with Crippen molar-refractivity contribution in [1.29, 1.82) is 0 Å². The van der Waals surface area contributed by atoms with Gasteiger partial charge in [0.15, 0.2) is 5.17 Å². The zero-order valence-corrected chi connectivity index (χ0v) is 17.7. The second kappa shape index (κ2) is 7.81. The molecule has 4 rings (SSSR count). The minimum atomic E-state index is -0.174. The molecule has 0 aliphatic carbocycles. The topological polar surface area (TPSA) is 54.6 Å². The first-order chi connectivity index (χ1) is 13.5. The van der Waals surface area contributed by atoms with Gasteiger partial charge in [0.25, 0.3) is 5.91 Å². The number of benzene rings is 2. The van der Waals surface area contributed by atoms with E-state index in [0.717, 1.165) is 27.0 Å². The van der Waals surface area contributed by atoms with Gasteiger partial charge in [-0.25, -0.2) is 4.99 Å². The Hall–Kier alpha value is -2.57. The van der Waals surface area contributed by atoms with Crippen LogP contribution in [0.3, 0.4) is 0 Å². The molecule has 1 amide bonds. The number of carbonyl (C=O) groups excluding carboxylic acids is 1. The predicted molar refractivity (Wildman–Crippen MR) is 119 cm³/mol. The first kappa shape index (κ1) is 18.8. The van der Waals surface area contributed by atoms with Gasteiger partial charge < -0.3 is 9.73 Å². The zero-order chi connectivity index (χ0) is 19.7. The number of carbonyl (C=O) groups is 1.